The number of para-hydroxylation sites is 2. The molecule has 0 saturated carbocycles. The second kappa shape index (κ2) is 15.8. The molecule has 0 radical (unpaired) electrons. The molecule has 3 amide bonds. The molecule has 0 aliphatic carbocycles. The summed E-state index contributed by atoms with van der Waals surface area (Å²) in [5.41, 5.74) is 1.90. The second-order valence-corrected chi connectivity index (χ2v) is 10.4. The van der Waals surface area contributed by atoms with Crippen molar-refractivity contribution >= 4 is 52.9 Å². The Morgan fingerprint density at radius 1 is 0.778 bits per heavy atom. The van der Waals surface area contributed by atoms with Crippen LogP contribution in [0.4, 0.5) is 11.4 Å². The highest BCUT2D eigenvalue weighted by atomic mass is 32.2. The summed E-state index contributed by atoms with van der Waals surface area (Å²) < 4.78 is 15.7. The van der Waals surface area contributed by atoms with Crippen LogP contribution in [-0.4, -0.2) is 50.8 Å². The number of carbonyl (C=O) groups excluding carboxylic acids is 4. The number of thioether (sulfide) groups is 1. The highest BCUT2D eigenvalue weighted by Gasteiger charge is 2.18. The van der Waals surface area contributed by atoms with Crippen molar-refractivity contribution < 1.29 is 33.4 Å². The van der Waals surface area contributed by atoms with E-state index in [1.165, 1.54) is 39.2 Å². The van der Waals surface area contributed by atoms with Gasteiger partial charge >= 0.3 is 5.97 Å². The van der Waals surface area contributed by atoms with Crippen LogP contribution in [0.1, 0.15) is 26.3 Å². The molecule has 4 rings (SSSR count). The molecule has 0 aromatic heterocycles. The Morgan fingerprint density at radius 3 is 2.24 bits per heavy atom. The van der Waals surface area contributed by atoms with Crippen molar-refractivity contribution in [3.8, 4) is 11.5 Å². The van der Waals surface area contributed by atoms with Gasteiger partial charge in [0.05, 0.1) is 38.3 Å². The van der Waals surface area contributed by atoms with E-state index in [0.29, 0.717) is 38.9 Å². The van der Waals surface area contributed by atoms with Gasteiger partial charge in [-0.15, -0.1) is 11.8 Å². The van der Waals surface area contributed by atoms with Crippen molar-refractivity contribution in [2.75, 3.05) is 37.7 Å². The molecule has 0 bridgehead atoms. The van der Waals surface area contributed by atoms with Gasteiger partial charge in [-0.3, -0.25) is 14.4 Å². The van der Waals surface area contributed by atoms with Crippen molar-refractivity contribution in [3.05, 3.63) is 119 Å². The van der Waals surface area contributed by atoms with E-state index >= 15 is 0 Å². The van der Waals surface area contributed by atoms with E-state index in [-0.39, 0.29) is 22.9 Å². The average molecular weight is 626 g/mol. The van der Waals surface area contributed by atoms with Crippen LogP contribution >= 0.6 is 11.8 Å². The molecule has 45 heavy (non-hydrogen) atoms. The first-order chi connectivity index (χ1) is 21.8. The van der Waals surface area contributed by atoms with Crippen LogP contribution in [0.15, 0.2) is 108 Å². The number of benzene rings is 4. The van der Waals surface area contributed by atoms with E-state index in [9.17, 15) is 19.2 Å². The molecular weight excluding hydrogens is 594 g/mol. The predicted molar refractivity (Wildman–Crippen MR) is 174 cm³/mol. The van der Waals surface area contributed by atoms with Gasteiger partial charge in [0.2, 0.25) is 5.91 Å². The molecular formula is C34H31N3O7S. The monoisotopic (exact) mass is 625 g/mol. The molecule has 3 N–H and O–H groups in total. The van der Waals surface area contributed by atoms with Crippen LogP contribution in [0, 0.1) is 0 Å². The van der Waals surface area contributed by atoms with Gasteiger partial charge in [-0.1, -0.05) is 48.5 Å². The van der Waals surface area contributed by atoms with Gasteiger partial charge in [0.25, 0.3) is 11.8 Å². The molecule has 0 spiro atoms. The molecule has 0 aliphatic rings. The zero-order valence-corrected chi connectivity index (χ0v) is 25.6. The Bertz CT molecular complexity index is 1720. The Labute approximate surface area is 264 Å². The Hall–Kier alpha value is -5.55. The summed E-state index contributed by atoms with van der Waals surface area (Å²) in [6, 6.07) is 27.2. The van der Waals surface area contributed by atoms with Crippen molar-refractivity contribution in [2.24, 2.45) is 0 Å². The number of esters is 1. The third kappa shape index (κ3) is 8.74. The Kier molecular flexibility index (Phi) is 11.4. The van der Waals surface area contributed by atoms with Crippen molar-refractivity contribution in [3.63, 3.8) is 0 Å². The van der Waals surface area contributed by atoms with Crippen molar-refractivity contribution in [2.45, 2.75) is 4.90 Å². The fourth-order valence-corrected chi connectivity index (χ4v) is 4.96. The van der Waals surface area contributed by atoms with Gasteiger partial charge in [0, 0.05) is 21.7 Å². The van der Waals surface area contributed by atoms with Gasteiger partial charge in [-0.2, -0.15) is 0 Å². The third-order valence-electron chi connectivity index (χ3n) is 6.33. The molecule has 0 aliphatic heterocycles. The summed E-state index contributed by atoms with van der Waals surface area (Å²) in [7, 11) is 4.26. The molecule has 4 aromatic carbocycles. The first-order valence-electron chi connectivity index (χ1n) is 13.6. The minimum Gasteiger partial charge on any atom is -0.493 e. The van der Waals surface area contributed by atoms with Gasteiger partial charge in [0.1, 0.15) is 5.70 Å². The molecule has 0 saturated heterocycles. The SMILES string of the molecule is COC(=O)c1ccccc1NC(=O)CSc1cccc(NC(=O)/C(=C\c2cccc(OC)c2OC)NC(=O)c2ccccc2)c1. The van der Waals surface area contributed by atoms with Crippen molar-refractivity contribution in [1.29, 1.82) is 0 Å². The second-order valence-electron chi connectivity index (χ2n) is 9.32. The maximum absolute atomic E-state index is 13.6. The van der Waals surface area contributed by atoms with Crippen LogP contribution in [0.3, 0.4) is 0 Å². The minimum atomic E-state index is -0.580. The minimum absolute atomic E-state index is 0.0305. The van der Waals surface area contributed by atoms with E-state index < -0.39 is 17.8 Å². The number of rotatable bonds is 12. The lowest BCUT2D eigenvalue weighted by Gasteiger charge is -2.14. The zero-order valence-electron chi connectivity index (χ0n) is 24.8. The van der Waals surface area contributed by atoms with Crippen LogP contribution in [0.25, 0.3) is 6.08 Å². The molecule has 0 heterocycles. The molecule has 230 valence electrons. The first kappa shape index (κ1) is 32.4. The van der Waals surface area contributed by atoms with Gasteiger partial charge in [-0.25, -0.2) is 4.79 Å². The number of amides is 3. The smallest absolute Gasteiger partial charge is 0.339 e. The van der Waals surface area contributed by atoms with Crippen LogP contribution in [0.2, 0.25) is 0 Å². The summed E-state index contributed by atoms with van der Waals surface area (Å²) in [5, 5.41) is 8.26. The summed E-state index contributed by atoms with van der Waals surface area (Å²) in [6.45, 7) is 0. The number of nitrogens with one attached hydrogen (secondary N) is 3. The molecule has 0 unspecified atom stereocenters. The molecule has 0 atom stereocenters. The maximum Gasteiger partial charge on any atom is 0.339 e. The van der Waals surface area contributed by atoms with Crippen LogP contribution < -0.4 is 25.4 Å². The number of methoxy groups -OCH3 is 3. The number of ether oxygens (including phenoxy) is 3. The first-order valence-corrected chi connectivity index (χ1v) is 14.6. The fourth-order valence-electron chi connectivity index (χ4n) is 4.20. The number of hydrogen-bond acceptors (Lipinski definition) is 8. The largest absolute Gasteiger partial charge is 0.493 e. The lowest BCUT2D eigenvalue weighted by atomic mass is 10.1. The molecule has 11 heteroatoms. The van der Waals surface area contributed by atoms with E-state index in [1.807, 2.05) is 0 Å². The highest BCUT2D eigenvalue weighted by Crippen LogP contribution is 2.32. The normalized spacial score (nSPS) is 10.8. The average Bonchev–Trinajstić information content (AvgIpc) is 3.07. The molecule has 10 nitrogen and oxygen atoms in total. The molecule has 0 fully saturated rings. The number of hydrogen-bond donors (Lipinski definition) is 3. The lowest BCUT2D eigenvalue weighted by Crippen LogP contribution is -2.30. The Morgan fingerprint density at radius 2 is 1.51 bits per heavy atom. The summed E-state index contributed by atoms with van der Waals surface area (Å²) in [4.78, 5) is 52.0. The van der Waals surface area contributed by atoms with E-state index in [4.69, 9.17) is 14.2 Å². The summed E-state index contributed by atoms with van der Waals surface area (Å²) >= 11 is 1.24. The Balaban J connectivity index is 1.51. The third-order valence-corrected chi connectivity index (χ3v) is 7.32. The van der Waals surface area contributed by atoms with Crippen LogP contribution in [0.5, 0.6) is 11.5 Å². The topological polar surface area (TPSA) is 132 Å². The quantitative estimate of drug-likeness (QED) is 0.105. The summed E-state index contributed by atoms with van der Waals surface area (Å²) in [6.07, 6.45) is 1.51. The fraction of sp³-hybridized carbons (Fsp3) is 0.118. The number of carbonyl (C=O) groups is 4. The van der Waals surface area contributed by atoms with Crippen molar-refractivity contribution in [1.82, 2.24) is 5.32 Å². The maximum atomic E-state index is 13.6. The van der Waals surface area contributed by atoms with Gasteiger partial charge in [-0.05, 0) is 54.6 Å². The highest BCUT2D eigenvalue weighted by molar-refractivity contribution is 8.00. The zero-order chi connectivity index (χ0) is 32.2. The van der Waals surface area contributed by atoms with Crippen LogP contribution in [-0.2, 0) is 14.3 Å². The summed E-state index contributed by atoms with van der Waals surface area (Å²) in [5.74, 6) is -1.03. The van der Waals surface area contributed by atoms with E-state index in [1.54, 1.807) is 97.1 Å². The van der Waals surface area contributed by atoms with E-state index in [0.717, 1.165) is 0 Å². The van der Waals surface area contributed by atoms with Gasteiger partial charge < -0.3 is 30.2 Å². The lowest BCUT2D eigenvalue weighted by molar-refractivity contribution is -0.114. The van der Waals surface area contributed by atoms with E-state index in [2.05, 4.69) is 16.0 Å². The van der Waals surface area contributed by atoms with Gasteiger partial charge in [0.15, 0.2) is 11.5 Å². The number of anilines is 2. The predicted octanol–water partition coefficient (Wildman–Crippen LogP) is 5.63. The standard InChI is InChI=1S/C34H31N3O7S/c1-42-29-18-9-13-23(31(29)43-2)19-28(37-32(39)22-11-5-4-6-12-22)33(40)35-24-14-10-15-25(20-24)45-21-30(38)36-27-17-8-7-16-26(27)34(41)44-3/h4-20H,21H2,1-3H3,(H,35,40)(H,36,38)(H,37,39)/b28-19+. The molecule has 4 aromatic rings.